The van der Waals surface area contributed by atoms with Crippen molar-refractivity contribution >= 4 is 12.0 Å². The number of ether oxygens (including phenoxy) is 2. The van der Waals surface area contributed by atoms with Crippen LogP contribution >= 0.6 is 0 Å². The van der Waals surface area contributed by atoms with Gasteiger partial charge in [-0.05, 0) is 48.0 Å². The first-order valence-electron chi connectivity index (χ1n) is 8.48. The molecule has 0 bridgehead atoms. The van der Waals surface area contributed by atoms with Crippen molar-refractivity contribution in [2.24, 2.45) is 0 Å². The molecule has 144 valence electrons. The second-order valence-corrected chi connectivity index (χ2v) is 5.85. The zero-order chi connectivity index (χ0) is 19.9. The summed E-state index contributed by atoms with van der Waals surface area (Å²) in [6.07, 6.45) is 3.09. The van der Waals surface area contributed by atoms with Gasteiger partial charge >= 0.3 is 0 Å². The molecule has 0 fully saturated rings. The number of methoxy groups -OCH3 is 2. The van der Waals surface area contributed by atoms with Crippen molar-refractivity contribution in [3.8, 4) is 22.8 Å². The van der Waals surface area contributed by atoms with E-state index in [-0.39, 0.29) is 18.3 Å². The molecule has 2 aromatic carbocycles. The number of hydrogen-bond donors (Lipinski definition) is 1. The van der Waals surface area contributed by atoms with Gasteiger partial charge in [0, 0.05) is 17.7 Å². The Morgan fingerprint density at radius 2 is 1.86 bits per heavy atom. The molecular formula is C21H19FN2O4. The quantitative estimate of drug-likeness (QED) is 0.629. The van der Waals surface area contributed by atoms with Crippen molar-refractivity contribution in [2.45, 2.75) is 6.54 Å². The van der Waals surface area contributed by atoms with Gasteiger partial charge in [0.25, 0.3) is 0 Å². The fourth-order valence-corrected chi connectivity index (χ4v) is 2.51. The number of benzene rings is 2. The van der Waals surface area contributed by atoms with Gasteiger partial charge < -0.3 is 19.3 Å². The molecule has 0 aliphatic rings. The highest BCUT2D eigenvalue weighted by molar-refractivity contribution is 5.91. The number of amides is 1. The maximum atomic E-state index is 13.0. The number of halogens is 1. The van der Waals surface area contributed by atoms with Crippen LogP contribution in [0.4, 0.5) is 4.39 Å². The van der Waals surface area contributed by atoms with Crippen LogP contribution in [0.5, 0.6) is 11.5 Å². The van der Waals surface area contributed by atoms with Crippen molar-refractivity contribution in [2.75, 3.05) is 14.2 Å². The Labute approximate surface area is 161 Å². The molecule has 1 heterocycles. The van der Waals surface area contributed by atoms with Crippen molar-refractivity contribution in [1.29, 1.82) is 0 Å². The maximum Gasteiger partial charge on any atom is 0.244 e. The standard InChI is InChI=1S/C21H19FN2O4/c1-26-18-9-3-14(11-20(18)27-2)4-10-21(25)23-13-17-12-19(28-24-17)15-5-7-16(22)8-6-15/h3-12H,13H2,1-2H3,(H,23,25)/b10-4-. The Hall–Kier alpha value is -3.61. The molecule has 0 atom stereocenters. The summed E-state index contributed by atoms with van der Waals surface area (Å²) in [6.45, 7) is 0.208. The number of carbonyl (C=O) groups is 1. The lowest BCUT2D eigenvalue weighted by molar-refractivity contribution is -0.116. The molecule has 0 aliphatic carbocycles. The molecule has 0 aliphatic heterocycles. The van der Waals surface area contributed by atoms with Crippen molar-refractivity contribution in [3.63, 3.8) is 0 Å². The molecule has 0 unspecified atom stereocenters. The van der Waals surface area contributed by atoms with Crippen LogP contribution in [-0.2, 0) is 11.3 Å². The summed E-state index contributed by atoms with van der Waals surface area (Å²) >= 11 is 0. The van der Waals surface area contributed by atoms with E-state index in [1.807, 2.05) is 6.07 Å². The van der Waals surface area contributed by atoms with Crippen LogP contribution in [0.2, 0.25) is 0 Å². The largest absolute Gasteiger partial charge is 0.493 e. The van der Waals surface area contributed by atoms with E-state index in [0.717, 1.165) is 5.56 Å². The summed E-state index contributed by atoms with van der Waals surface area (Å²) in [5.41, 5.74) is 2.07. The summed E-state index contributed by atoms with van der Waals surface area (Å²) in [7, 11) is 3.11. The van der Waals surface area contributed by atoms with E-state index < -0.39 is 0 Å². The molecule has 0 saturated carbocycles. The predicted molar refractivity (Wildman–Crippen MR) is 102 cm³/mol. The van der Waals surface area contributed by atoms with Crippen LogP contribution in [0.15, 0.2) is 59.1 Å². The lowest BCUT2D eigenvalue weighted by atomic mass is 10.1. The van der Waals surface area contributed by atoms with Crippen molar-refractivity contribution in [1.82, 2.24) is 10.5 Å². The van der Waals surface area contributed by atoms with E-state index in [2.05, 4.69) is 10.5 Å². The SMILES string of the molecule is COc1ccc(/C=C\C(=O)NCc2cc(-c3ccc(F)cc3)on2)cc1OC. The third kappa shape index (κ3) is 4.76. The van der Waals surface area contributed by atoms with Crippen molar-refractivity contribution < 1.29 is 23.2 Å². The highest BCUT2D eigenvalue weighted by atomic mass is 19.1. The smallest absolute Gasteiger partial charge is 0.244 e. The fourth-order valence-electron chi connectivity index (χ4n) is 2.51. The Morgan fingerprint density at radius 3 is 2.57 bits per heavy atom. The van der Waals surface area contributed by atoms with Crippen LogP contribution in [0.1, 0.15) is 11.3 Å². The zero-order valence-corrected chi connectivity index (χ0v) is 15.4. The summed E-state index contributed by atoms with van der Waals surface area (Å²) < 4.78 is 28.6. The second-order valence-electron chi connectivity index (χ2n) is 5.85. The molecule has 1 amide bonds. The highest BCUT2D eigenvalue weighted by Crippen LogP contribution is 2.28. The van der Waals surface area contributed by atoms with Crippen LogP contribution in [0.25, 0.3) is 17.4 Å². The van der Waals surface area contributed by atoms with Crippen LogP contribution in [0.3, 0.4) is 0 Å². The fraction of sp³-hybridized carbons (Fsp3) is 0.143. The number of nitrogens with zero attached hydrogens (tertiary/aromatic N) is 1. The first-order valence-corrected chi connectivity index (χ1v) is 8.48. The maximum absolute atomic E-state index is 13.0. The van der Waals surface area contributed by atoms with E-state index in [4.69, 9.17) is 14.0 Å². The lowest BCUT2D eigenvalue weighted by Gasteiger charge is -2.07. The molecular weight excluding hydrogens is 363 g/mol. The van der Waals surface area contributed by atoms with E-state index in [0.29, 0.717) is 28.5 Å². The average Bonchev–Trinajstić information content (AvgIpc) is 3.20. The Morgan fingerprint density at radius 1 is 1.11 bits per heavy atom. The number of carbonyl (C=O) groups excluding carboxylic acids is 1. The van der Waals surface area contributed by atoms with Crippen LogP contribution < -0.4 is 14.8 Å². The number of rotatable bonds is 7. The normalized spacial score (nSPS) is 10.8. The minimum atomic E-state index is -0.322. The van der Waals surface area contributed by atoms with Crippen LogP contribution in [-0.4, -0.2) is 25.3 Å². The number of nitrogens with one attached hydrogen (secondary N) is 1. The Kier molecular flexibility index (Phi) is 6.06. The second kappa shape index (κ2) is 8.85. The van der Waals surface area contributed by atoms with Gasteiger partial charge in [0.15, 0.2) is 17.3 Å². The summed E-state index contributed by atoms with van der Waals surface area (Å²) in [6, 6.07) is 13.0. The summed E-state index contributed by atoms with van der Waals surface area (Å²) in [5, 5.41) is 6.64. The molecule has 0 radical (unpaired) electrons. The minimum Gasteiger partial charge on any atom is -0.493 e. The van der Waals surface area contributed by atoms with Gasteiger partial charge in [-0.2, -0.15) is 0 Å². The zero-order valence-electron chi connectivity index (χ0n) is 15.4. The molecule has 6 nitrogen and oxygen atoms in total. The van der Waals surface area contributed by atoms with Gasteiger partial charge in [-0.3, -0.25) is 4.79 Å². The van der Waals surface area contributed by atoms with E-state index in [9.17, 15) is 9.18 Å². The third-order valence-corrected chi connectivity index (χ3v) is 3.97. The third-order valence-electron chi connectivity index (χ3n) is 3.97. The predicted octanol–water partition coefficient (Wildman–Crippen LogP) is 3.83. The highest BCUT2D eigenvalue weighted by Gasteiger charge is 2.08. The molecule has 7 heteroatoms. The van der Waals surface area contributed by atoms with Gasteiger partial charge in [-0.1, -0.05) is 11.2 Å². The Balaban J connectivity index is 1.57. The molecule has 3 aromatic rings. The summed E-state index contributed by atoms with van der Waals surface area (Å²) in [4.78, 5) is 12.0. The minimum absolute atomic E-state index is 0.208. The average molecular weight is 382 g/mol. The first kappa shape index (κ1) is 19.2. The monoisotopic (exact) mass is 382 g/mol. The Bertz CT molecular complexity index is 980. The number of aromatic nitrogens is 1. The molecule has 0 spiro atoms. The van der Waals surface area contributed by atoms with Gasteiger partial charge in [-0.25, -0.2) is 4.39 Å². The van der Waals surface area contributed by atoms with Gasteiger partial charge in [-0.15, -0.1) is 0 Å². The molecule has 0 saturated heterocycles. The lowest BCUT2D eigenvalue weighted by Crippen LogP contribution is -2.20. The first-order chi connectivity index (χ1) is 13.6. The molecule has 1 N–H and O–H groups in total. The topological polar surface area (TPSA) is 73.6 Å². The molecule has 1 aromatic heterocycles. The molecule has 3 rings (SSSR count). The van der Waals surface area contributed by atoms with Gasteiger partial charge in [0.05, 0.1) is 20.8 Å². The van der Waals surface area contributed by atoms with E-state index >= 15 is 0 Å². The number of hydrogen-bond acceptors (Lipinski definition) is 5. The van der Waals surface area contributed by atoms with E-state index in [1.165, 1.54) is 18.2 Å². The van der Waals surface area contributed by atoms with Crippen LogP contribution in [0, 0.1) is 5.82 Å². The summed E-state index contributed by atoms with van der Waals surface area (Å²) in [5.74, 6) is 1.11. The van der Waals surface area contributed by atoms with Gasteiger partial charge in [0.1, 0.15) is 11.5 Å². The molecule has 28 heavy (non-hydrogen) atoms. The van der Waals surface area contributed by atoms with E-state index in [1.54, 1.807) is 50.6 Å². The van der Waals surface area contributed by atoms with Crippen molar-refractivity contribution in [3.05, 3.63) is 71.7 Å². The van der Waals surface area contributed by atoms with Gasteiger partial charge in [0.2, 0.25) is 5.91 Å².